The molecule has 0 radical (unpaired) electrons. The van der Waals surface area contributed by atoms with E-state index in [4.69, 9.17) is 4.74 Å². The zero-order valence-corrected chi connectivity index (χ0v) is 11.1. The Morgan fingerprint density at radius 1 is 1.44 bits per heavy atom. The molecule has 18 heavy (non-hydrogen) atoms. The Morgan fingerprint density at radius 2 is 2.06 bits per heavy atom. The van der Waals surface area contributed by atoms with E-state index >= 15 is 0 Å². The molecule has 8 heteroatoms. The maximum atomic E-state index is 11.4. The molecule has 0 heterocycles. The van der Waals surface area contributed by atoms with Gasteiger partial charge in [-0.05, 0) is 13.0 Å². The van der Waals surface area contributed by atoms with Gasteiger partial charge < -0.3 is 4.74 Å². The largest absolute Gasteiger partial charge is 0.494 e. The molecule has 0 aliphatic heterocycles. The maximum Gasteiger partial charge on any atom is 0.293 e. The van der Waals surface area contributed by atoms with Crippen LogP contribution in [0.2, 0.25) is 0 Å². The fourth-order valence-electron chi connectivity index (χ4n) is 1.34. The molecular weight excluding hydrogens is 260 g/mol. The lowest BCUT2D eigenvalue weighted by Crippen LogP contribution is -2.25. The van der Waals surface area contributed by atoms with Crippen molar-refractivity contribution in [2.75, 3.05) is 24.2 Å². The normalized spacial score (nSPS) is 11.1. The molecule has 1 aromatic carbocycles. The van der Waals surface area contributed by atoms with Gasteiger partial charge in [0, 0.05) is 19.2 Å². The zero-order valence-electron chi connectivity index (χ0n) is 10.3. The molecule has 0 unspecified atom stereocenters. The van der Waals surface area contributed by atoms with Crippen molar-refractivity contribution in [2.24, 2.45) is 0 Å². The van der Waals surface area contributed by atoms with Gasteiger partial charge in [-0.15, -0.1) is 0 Å². The summed E-state index contributed by atoms with van der Waals surface area (Å²) < 4.78 is 28.9. The summed E-state index contributed by atoms with van der Waals surface area (Å²) in [4.78, 5) is 10.2. The van der Waals surface area contributed by atoms with Gasteiger partial charge in [-0.25, -0.2) is 8.42 Å². The van der Waals surface area contributed by atoms with E-state index in [-0.39, 0.29) is 11.4 Å². The first-order valence-corrected chi connectivity index (χ1v) is 6.97. The zero-order chi connectivity index (χ0) is 13.9. The molecule has 0 N–H and O–H groups in total. The molecule has 0 aliphatic rings. The SMILES string of the molecule is CCOc1ccc([N+](=O)[O-])c(N(C)S(C)(=O)=O)c1. The average molecular weight is 274 g/mol. The fraction of sp³-hybridized carbons (Fsp3) is 0.400. The second-order valence-corrected chi connectivity index (χ2v) is 5.58. The molecule has 0 fully saturated rings. The van der Waals surface area contributed by atoms with Crippen LogP contribution in [0.3, 0.4) is 0 Å². The van der Waals surface area contributed by atoms with Crippen molar-refractivity contribution in [1.29, 1.82) is 0 Å². The maximum absolute atomic E-state index is 11.4. The average Bonchev–Trinajstić information content (AvgIpc) is 2.26. The number of hydrogen-bond donors (Lipinski definition) is 0. The topological polar surface area (TPSA) is 89.8 Å². The van der Waals surface area contributed by atoms with Crippen LogP contribution < -0.4 is 9.04 Å². The van der Waals surface area contributed by atoms with Crippen molar-refractivity contribution in [3.63, 3.8) is 0 Å². The third kappa shape index (κ3) is 3.10. The van der Waals surface area contributed by atoms with Gasteiger partial charge in [0.25, 0.3) is 5.69 Å². The number of sulfonamides is 1. The van der Waals surface area contributed by atoms with E-state index in [0.717, 1.165) is 10.6 Å². The van der Waals surface area contributed by atoms with Gasteiger partial charge in [0.1, 0.15) is 11.4 Å². The third-order valence-corrected chi connectivity index (χ3v) is 3.48. The molecule has 0 amide bonds. The molecular formula is C10H14N2O5S. The predicted molar refractivity (Wildman–Crippen MR) is 67.5 cm³/mol. The minimum atomic E-state index is -3.57. The highest BCUT2D eigenvalue weighted by Gasteiger charge is 2.23. The molecule has 0 aromatic heterocycles. The summed E-state index contributed by atoms with van der Waals surface area (Å²) in [5.41, 5.74) is -0.306. The van der Waals surface area contributed by atoms with Crippen LogP contribution in [-0.4, -0.2) is 33.3 Å². The van der Waals surface area contributed by atoms with Crippen molar-refractivity contribution in [3.05, 3.63) is 28.3 Å². The molecule has 7 nitrogen and oxygen atoms in total. The number of ether oxygens (including phenoxy) is 1. The van der Waals surface area contributed by atoms with Gasteiger partial charge in [0.2, 0.25) is 10.0 Å². The van der Waals surface area contributed by atoms with Gasteiger partial charge in [0.05, 0.1) is 17.8 Å². The van der Waals surface area contributed by atoms with Crippen LogP contribution in [0.1, 0.15) is 6.92 Å². The first-order valence-electron chi connectivity index (χ1n) is 5.12. The molecule has 100 valence electrons. The van der Waals surface area contributed by atoms with Crippen LogP contribution >= 0.6 is 0 Å². The molecule has 0 atom stereocenters. The van der Waals surface area contributed by atoms with Gasteiger partial charge in [-0.3, -0.25) is 14.4 Å². The Balaban J connectivity index is 3.36. The number of rotatable bonds is 5. The van der Waals surface area contributed by atoms with E-state index < -0.39 is 14.9 Å². The van der Waals surface area contributed by atoms with Crippen LogP contribution in [0.4, 0.5) is 11.4 Å². The number of nitrogens with zero attached hydrogens (tertiary/aromatic N) is 2. The first kappa shape index (κ1) is 14.2. The Labute approximate surface area is 105 Å². The highest BCUT2D eigenvalue weighted by molar-refractivity contribution is 7.92. The van der Waals surface area contributed by atoms with Crippen LogP contribution in [0, 0.1) is 10.1 Å². The van der Waals surface area contributed by atoms with E-state index in [1.54, 1.807) is 6.92 Å². The molecule has 0 saturated heterocycles. The molecule has 0 spiro atoms. The van der Waals surface area contributed by atoms with E-state index in [9.17, 15) is 18.5 Å². The lowest BCUT2D eigenvalue weighted by molar-refractivity contribution is -0.384. The summed E-state index contributed by atoms with van der Waals surface area (Å²) in [5, 5.41) is 10.9. The smallest absolute Gasteiger partial charge is 0.293 e. The van der Waals surface area contributed by atoms with E-state index in [1.807, 2.05) is 0 Å². The standard InChI is InChI=1S/C10H14N2O5S/c1-4-17-8-5-6-9(12(13)14)10(7-8)11(2)18(3,15)16/h5-7H,4H2,1-3H3. The van der Waals surface area contributed by atoms with Crippen molar-refractivity contribution < 1.29 is 18.1 Å². The van der Waals surface area contributed by atoms with Gasteiger partial charge >= 0.3 is 0 Å². The minimum Gasteiger partial charge on any atom is -0.494 e. The highest BCUT2D eigenvalue weighted by Crippen LogP contribution is 2.32. The predicted octanol–water partition coefficient (Wildman–Crippen LogP) is 1.39. The summed E-state index contributed by atoms with van der Waals surface area (Å²) in [6.07, 6.45) is 0.976. The van der Waals surface area contributed by atoms with Crippen LogP contribution in [-0.2, 0) is 10.0 Å². The second kappa shape index (κ2) is 5.21. The Bertz CT molecular complexity index is 555. The second-order valence-electron chi connectivity index (χ2n) is 3.57. The molecule has 0 aliphatic carbocycles. The fourth-order valence-corrected chi connectivity index (χ4v) is 1.85. The summed E-state index contributed by atoms with van der Waals surface area (Å²) in [6.45, 7) is 2.15. The number of benzene rings is 1. The van der Waals surface area contributed by atoms with Crippen LogP contribution in [0.25, 0.3) is 0 Å². The van der Waals surface area contributed by atoms with Gasteiger partial charge in [0.15, 0.2) is 0 Å². The highest BCUT2D eigenvalue weighted by atomic mass is 32.2. The van der Waals surface area contributed by atoms with E-state index in [0.29, 0.717) is 12.4 Å². The Kier molecular flexibility index (Phi) is 4.12. The lowest BCUT2D eigenvalue weighted by atomic mass is 10.2. The van der Waals surface area contributed by atoms with Gasteiger partial charge in [-0.2, -0.15) is 0 Å². The molecule has 1 aromatic rings. The Morgan fingerprint density at radius 3 is 2.50 bits per heavy atom. The Hall–Kier alpha value is -1.83. The number of anilines is 1. The minimum absolute atomic E-state index is 0.0200. The van der Waals surface area contributed by atoms with Crippen molar-refractivity contribution >= 4 is 21.4 Å². The van der Waals surface area contributed by atoms with E-state index in [1.165, 1.54) is 25.2 Å². The third-order valence-electron chi connectivity index (χ3n) is 2.29. The van der Waals surface area contributed by atoms with Crippen LogP contribution in [0.15, 0.2) is 18.2 Å². The molecule has 0 saturated carbocycles. The number of hydrogen-bond acceptors (Lipinski definition) is 5. The summed E-state index contributed by atoms with van der Waals surface area (Å²) in [7, 11) is -2.31. The van der Waals surface area contributed by atoms with Crippen molar-refractivity contribution in [3.8, 4) is 5.75 Å². The summed E-state index contributed by atoms with van der Waals surface area (Å²) >= 11 is 0. The summed E-state index contributed by atoms with van der Waals surface area (Å²) in [6, 6.07) is 3.99. The molecule has 1 rings (SSSR count). The van der Waals surface area contributed by atoms with Crippen molar-refractivity contribution in [1.82, 2.24) is 0 Å². The van der Waals surface area contributed by atoms with Crippen LogP contribution in [0.5, 0.6) is 5.75 Å². The van der Waals surface area contributed by atoms with E-state index in [2.05, 4.69) is 0 Å². The first-order chi connectivity index (χ1) is 8.27. The quantitative estimate of drug-likeness (QED) is 0.598. The monoisotopic (exact) mass is 274 g/mol. The molecule has 0 bridgehead atoms. The van der Waals surface area contributed by atoms with Gasteiger partial charge in [-0.1, -0.05) is 0 Å². The lowest BCUT2D eigenvalue weighted by Gasteiger charge is -2.17. The number of nitro groups is 1. The van der Waals surface area contributed by atoms with Crippen molar-refractivity contribution in [2.45, 2.75) is 6.92 Å². The summed E-state index contributed by atoms with van der Waals surface area (Å²) in [5.74, 6) is 0.383. The number of nitro benzene ring substituents is 1.